The summed E-state index contributed by atoms with van der Waals surface area (Å²) in [4.78, 5) is 16.3. The van der Waals surface area contributed by atoms with Gasteiger partial charge < -0.3 is 14.4 Å². The molecule has 0 radical (unpaired) electrons. The molecule has 2 heterocycles. The fourth-order valence-corrected chi connectivity index (χ4v) is 3.81. The number of rotatable bonds is 0. The highest BCUT2D eigenvalue weighted by atomic mass is 79.9. The van der Waals surface area contributed by atoms with Crippen molar-refractivity contribution in [1.29, 1.82) is 5.26 Å². The summed E-state index contributed by atoms with van der Waals surface area (Å²) in [5, 5.41) is 9.94. The predicted molar refractivity (Wildman–Crippen MR) is 101 cm³/mol. The summed E-state index contributed by atoms with van der Waals surface area (Å²) in [6, 6.07) is 3.96. The molecule has 0 N–H and O–H groups in total. The smallest absolute Gasteiger partial charge is 0.410 e. The first-order valence-electron chi connectivity index (χ1n) is 8.45. The van der Waals surface area contributed by atoms with E-state index in [4.69, 9.17) is 21.1 Å². The Bertz CT molecular complexity index is 772. The molecule has 0 unspecified atom stereocenters. The van der Waals surface area contributed by atoms with Gasteiger partial charge in [-0.15, -0.1) is 0 Å². The number of piperazine rings is 1. The highest BCUT2D eigenvalue weighted by molar-refractivity contribution is 9.10. The van der Waals surface area contributed by atoms with E-state index >= 15 is 0 Å². The second-order valence-electron chi connectivity index (χ2n) is 7.50. The van der Waals surface area contributed by atoms with Crippen LogP contribution in [0.2, 0.25) is 5.02 Å². The predicted octanol–water partition coefficient (Wildman–Crippen LogP) is 3.79. The van der Waals surface area contributed by atoms with Crippen LogP contribution in [0.15, 0.2) is 10.5 Å². The maximum Gasteiger partial charge on any atom is 0.410 e. The molecule has 1 atom stereocenters. The van der Waals surface area contributed by atoms with Crippen LogP contribution in [0.1, 0.15) is 31.9 Å². The largest absolute Gasteiger partial charge is 0.490 e. The van der Waals surface area contributed by atoms with Crippen LogP contribution in [0.5, 0.6) is 5.75 Å². The van der Waals surface area contributed by atoms with Gasteiger partial charge in [-0.2, -0.15) is 5.26 Å². The van der Waals surface area contributed by atoms with Gasteiger partial charge in [-0.3, -0.25) is 4.90 Å². The van der Waals surface area contributed by atoms with E-state index in [1.165, 1.54) is 0 Å². The van der Waals surface area contributed by atoms with E-state index in [1.807, 2.05) is 20.8 Å². The van der Waals surface area contributed by atoms with Crippen molar-refractivity contribution in [1.82, 2.24) is 9.80 Å². The third kappa shape index (κ3) is 3.93. The minimum absolute atomic E-state index is 0.0186. The number of carbonyl (C=O) groups excluding carboxylic acids is 1. The Morgan fingerprint density at radius 3 is 2.85 bits per heavy atom. The van der Waals surface area contributed by atoms with Gasteiger partial charge in [0.15, 0.2) is 0 Å². The van der Waals surface area contributed by atoms with Crippen LogP contribution in [-0.2, 0) is 11.3 Å². The second-order valence-corrected chi connectivity index (χ2v) is 8.73. The summed E-state index contributed by atoms with van der Waals surface area (Å²) in [5.74, 6) is 0.552. The van der Waals surface area contributed by atoms with Gasteiger partial charge in [0.1, 0.15) is 18.0 Å². The van der Waals surface area contributed by atoms with Gasteiger partial charge in [0, 0.05) is 36.2 Å². The Morgan fingerprint density at radius 2 is 2.19 bits per heavy atom. The van der Waals surface area contributed by atoms with E-state index in [0.29, 0.717) is 53.6 Å². The Hall–Kier alpha value is -1.49. The third-order valence-electron chi connectivity index (χ3n) is 4.44. The van der Waals surface area contributed by atoms with E-state index in [9.17, 15) is 10.1 Å². The SMILES string of the molecule is CC(C)(C)OC(=O)N1CCN2Cc3c(C#N)cc(Br)c(Cl)c3OC[C@H]2C1. The van der Waals surface area contributed by atoms with Crippen molar-refractivity contribution in [3.8, 4) is 11.8 Å². The molecule has 0 saturated carbocycles. The van der Waals surface area contributed by atoms with Crippen molar-refractivity contribution in [2.75, 3.05) is 26.2 Å². The lowest BCUT2D eigenvalue weighted by molar-refractivity contribution is -0.00155. The molecule has 1 saturated heterocycles. The van der Waals surface area contributed by atoms with Crippen LogP contribution >= 0.6 is 27.5 Å². The zero-order chi connectivity index (χ0) is 19.1. The molecule has 1 amide bonds. The summed E-state index contributed by atoms with van der Waals surface area (Å²) in [6.07, 6.45) is -0.308. The van der Waals surface area contributed by atoms with E-state index in [1.54, 1.807) is 11.0 Å². The number of hydrogen-bond acceptors (Lipinski definition) is 5. The van der Waals surface area contributed by atoms with Crippen LogP contribution in [0.3, 0.4) is 0 Å². The van der Waals surface area contributed by atoms with E-state index in [0.717, 1.165) is 5.56 Å². The van der Waals surface area contributed by atoms with Crippen LogP contribution in [0.25, 0.3) is 0 Å². The quantitative estimate of drug-likeness (QED) is 0.611. The lowest BCUT2D eigenvalue weighted by Gasteiger charge is -2.40. The maximum atomic E-state index is 12.4. The molecule has 2 aliphatic rings. The van der Waals surface area contributed by atoms with Gasteiger partial charge in [0.05, 0.1) is 22.7 Å². The van der Waals surface area contributed by atoms with Gasteiger partial charge in [-0.1, -0.05) is 11.6 Å². The van der Waals surface area contributed by atoms with E-state index in [-0.39, 0.29) is 12.1 Å². The van der Waals surface area contributed by atoms with Gasteiger partial charge in [0.2, 0.25) is 0 Å². The molecule has 3 rings (SSSR count). The standard InChI is InChI=1S/C18H21BrClN3O3/c1-18(2,3)26-17(24)23-5-4-22-9-13-11(7-21)6-14(19)15(20)16(13)25-10-12(22)8-23/h6,12H,4-5,8-10H2,1-3H3/t12-/m1/s1. The number of nitriles is 1. The van der Waals surface area contributed by atoms with Crippen molar-refractivity contribution < 1.29 is 14.3 Å². The molecule has 0 aliphatic carbocycles. The first kappa shape index (κ1) is 19.3. The number of carbonyl (C=O) groups is 1. The molecule has 6 nitrogen and oxygen atoms in total. The van der Waals surface area contributed by atoms with E-state index < -0.39 is 5.60 Å². The fourth-order valence-electron chi connectivity index (χ4n) is 3.18. The molecule has 2 aliphatic heterocycles. The second kappa shape index (κ2) is 7.26. The number of nitrogens with zero attached hydrogens (tertiary/aromatic N) is 3. The number of halogens is 2. The average Bonchev–Trinajstić information content (AvgIpc) is 2.75. The first-order chi connectivity index (χ1) is 12.2. The van der Waals surface area contributed by atoms with Gasteiger partial charge >= 0.3 is 6.09 Å². The van der Waals surface area contributed by atoms with Crippen LogP contribution in [0.4, 0.5) is 4.79 Å². The number of amides is 1. The summed E-state index contributed by atoms with van der Waals surface area (Å²) in [6.45, 7) is 8.31. The lowest BCUT2D eigenvalue weighted by Crippen LogP contribution is -2.56. The van der Waals surface area contributed by atoms with Crippen molar-refractivity contribution >= 4 is 33.6 Å². The summed E-state index contributed by atoms with van der Waals surface area (Å²) < 4.78 is 12.1. The van der Waals surface area contributed by atoms with Crippen molar-refractivity contribution in [3.63, 3.8) is 0 Å². The number of ether oxygens (including phenoxy) is 2. The molecular weight excluding hydrogens is 422 g/mol. The Balaban J connectivity index is 1.80. The minimum Gasteiger partial charge on any atom is -0.490 e. The van der Waals surface area contributed by atoms with Gasteiger partial charge in [0.25, 0.3) is 0 Å². The third-order valence-corrected chi connectivity index (χ3v) is 5.67. The zero-order valence-electron chi connectivity index (χ0n) is 15.0. The van der Waals surface area contributed by atoms with Crippen LogP contribution in [-0.4, -0.2) is 53.8 Å². The van der Waals surface area contributed by atoms with Crippen molar-refractivity contribution in [2.45, 2.75) is 39.0 Å². The highest BCUT2D eigenvalue weighted by Crippen LogP contribution is 2.40. The summed E-state index contributed by atoms with van der Waals surface area (Å²) in [5.41, 5.74) is 0.826. The maximum absolute atomic E-state index is 12.4. The Kier molecular flexibility index (Phi) is 5.38. The molecular formula is C18H21BrClN3O3. The minimum atomic E-state index is -0.522. The molecule has 140 valence electrons. The fraction of sp³-hybridized carbons (Fsp3) is 0.556. The number of benzene rings is 1. The van der Waals surface area contributed by atoms with Crippen molar-refractivity contribution in [3.05, 3.63) is 26.7 Å². The first-order valence-corrected chi connectivity index (χ1v) is 9.62. The molecule has 26 heavy (non-hydrogen) atoms. The molecule has 1 fully saturated rings. The summed E-state index contributed by atoms with van der Waals surface area (Å²) in [7, 11) is 0. The van der Waals surface area contributed by atoms with Crippen molar-refractivity contribution in [2.24, 2.45) is 0 Å². The lowest BCUT2D eigenvalue weighted by atomic mass is 10.1. The number of fused-ring (bicyclic) bond motifs is 2. The van der Waals surface area contributed by atoms with Gasteiger partial charge in [-0.05, 0) is 42.8 Å². The molecule has 1 aromatic rings. The summed E-state index contributed by atoms with van der Waals surface area (Å²) >= 11 is 9.76. The Morgan fingerprint density at radius 1 is 1.46 bits per heavy atom. The zero-order valence-corrected chi connectivity index (χ0v) is 17.4. The topological polar surface area (TPSA) is 65.8 Å². The number of hydrogen-bond donors (Lipinski definition) is 0. The van der Waals surface area contributed by atoms with E-state index in [2.05, 4.69) is 26.9 Å². The van der Waals surface area contributed by atoms with Gasteiger partial charge in [-0.25, -0.2) is 4.79 Å². The van der Waals surface area contributed by atoms with Crippen LogP contribution in [0, 0.1) is 11.3 Å². The van der Waals surface area contributed by atoms with Crippen LogP contribution < -0.4 is 4.74 Å². The molecule has 0 bridgehead atoms. The molecule has 8 heteroatoms. The normalized spacial score (nSPS) is 20.3. The molecule has 0 aromatic heterocycles. The molecule has 1 aromatic carbocycles. The average molecular weight is 443 g/mol. The highest BCUT2D eigenvalue weighted by Gasteiger charge is 2.35. The Labute approximate surface area is 166 Å². The molecule has 0 spiro atoms. The monoisotopic (exact) mass is 441 g/mol.